The third-order valence-electron chi connectivity index (χ3n) is 10.9. The summed E-state index contributed by atoms with van der Waals surface area (Å²) >= 11 is 0. The van der Waals surface area contributed by atoms with Crippen LogP contribution in [0.1, 0.15) is 258 Å². The standard InChI is InChI=1S/C52H94O6/c1-4-7-10-13-16-19-21-23-24-25-26-27-28-30-31-33-36-39-42-45-51(54)57-48-49(47-56-50(53)44-41-38-35-18-15-12-9-6-3)58-52(55)46-43-40-37-34-32-29-22-20-17-14-11-8-5-2/h8,11,17,20,29,32,49H,4-7,9-10,12-16,18-19,21-28,30-31,33-48H2,1-3H3/b11-8-,20-17-,32-29-. The Kier molecular flexibility index (Phi) is 45.4. The molecule has 338 valence electrons. The van der Waals surface area contributed by atoms with Gasteiger partial charge in [0.15, 0.2) is 6.10 Å². The smallest absolute Gasteiger partial charge is 0.306 e. The third-order valence-corrected chi connectivity index (χ3v) is 10.9. The molecule has 6 nitrogen and oxygen atoms in total. The van der Waals surface area contributed by atoms with E-state index in [1.807, 2.05) is 0 Å². The second-order valence-corrected chi connectivity index (χ2v) is 16.7. The molecule has 0 amide bonds. The quantitative estimate of drug-likeness (QED) is 0.0264. The maximum absolute atomic E-state index is 12.7. The average Bonchev–Trinajstić information content (AvgIpc) is 3.22. The van der Waals surface area contributed by atoms with E-state index < -0.39 is 6.10 Å². The molecule has 0 rings (SSSR count). The Hall–Kier alpha value is -2.37. The molecular weight excluding hydrogens is 721 g/mol. The monoisotopic (exact) mass is 815 g/mol. The van der Waals surface area contributed by atoms with Gasteiger partial charge in [-0.3, -0.25) is 14.4 Å². The van der Waals surface area contributed by atoms with Crippen molar-refractivity contribution in [3.8, 4) is 0 Å². The van der Waals surface area contributed by atoms with Crippen LogP contribution in [-0.2, 0) is 28.6 Å². The van der Waals surface area contributed by atoms with Crippen molar-refractivity contribution >= 4 is 17.9 Å². The highest BCUT2D eigenvalue weighted by atomic mass is 16.6. The predicted molar refractivity (Wildman–Crippen MR) is 247 cm³/mol. The van der Waals surface area contributed by atoms with Crippen molar-refractivity contribution in [1.82, 2.24) is 0 Å². The van der Waals surface area contributed by atoms with Crippen molar-refractivity contribution in [1.29, 1.82) is 0 Å². The average molecular weight is 815 g/mol. The molecular formula is C52H94O6. The molecule has 0 fully saturated rings. The first kappa shape index (κ1) is 55.6. The molecule has 0 N–H and O–H groups in total. The summed E-state index contributed by atoms with van der Waals surface area (Å²) in [6.45, 7) is 6.49. The second-order valence-electron chi connectivity index (χ2n) is 16.7. The molecule has 58 heavy (non-hydrogen) atoms. The number of ether oxygens (including phenoxy) is 3. The molecule has 0 aliphatic carbocycles. The minimum absolute atomic E-state index is 0.0805. The fourth-order valence-corrected chi connectivity index (χ4v) is 7.16. The fourth-order valence-electron chi connectivity index (χ4n) is 7.16. The molecule has 0 bridgehead atoms. The molecule has 0 heterocycles. The van der Waals surface area contributed by atoms with Crippen molar-refractivity contribution in [3.05, 3.63) is 36.5 Å². The molecule has 0 saturated carbocycles. The van der Waals surface area contributed by atoms with Gasteiger partial charge < -0.3 is 14.2 Å². The summed E-state index contributed by atoms with van der Waals surface area (Å²) in [5.41, 5.74) is 0. The summed E-state index contributed by atoms with van der Waals surface area (Å²) in [4.78, 5) is 37.7. The van der Waals surface area contributed by atoms with E-state index in [2.05, 4.69) is 57.2 Å². The van der Waals surface area contributed by atoms with E-state index in [0.717, 1.165) is 83.5 Å². The summed E-state index contributed by atoms with van der Waals surface area (Å²) < 4.78 is 16.7. The van der Waals surface area contributed by atoms with E-state index >= 15 is 0 Å². The van der Waals surface area contributed by atoms with E-state index in [9.17, 15) is 14.4 Å². The van der Waals surface area contributed by atoms with Crippen molar-refractivity contribution in [2.45, 2.75) is 264 Å². The first-order chi connectivity index (χ1) is 28.5. The summed E-state index contributed by atoms with van der Waals surface area (Å²) in [6, 6.07) is 0. The highest BCUT2D eigenvalue weighted by Gasteiger charge is 2.19. The van der Waals surface area contributed by atoms with Gasteiger partial charge in [-0.1, -0.05) is 224 Å². The van der Waals surface area contributed by atoms with Gasteiger partial charge in [-0.05, 0) is 51.4 Å². The summed E-state index contributed by atoms with van der Waals surface area (Å²) in [5, 5.41) is 0. The number of esters is 3. The molecule has 0 spiro atoms. The Morgan fingerprint density at radius 2 is 0.672 bits per heavy atom. The van der Waals surface area contributed by atoms with Crippen LogP contribution in [0.4, 0.5) is 0 Å². The van der Waals surface area contributed by atoms with Crippen LogP contribution in [0.15, 0.2) is 36.5 Å². The molecule has 1 atom stereocenters. The minimum atomic E-state index is -0.780. The van der Waals surface area contributed by atoms with Crippen LogP contribution < -0.4 is 0 Å². The highest BCUT2D eigenvalue weighted by Crippen LogP contribution is 2.16. The number of unbranched alkanes of at least 4 members (excludes halogenated alkanes) is 28. The molecule has 0 saturated heterocycles. The Morgan fingerprint density at radius 3 is 1.05 bits per heavy atom. The third kappa shape index (κ3) is 44.7. The number of hydrogen-bond donors (Lipinski definition) is 0. The van der Waals surface area contributed by atoms with Gasteiger partial charge in [-0.2, -0.15) is 0 Å². The van der Waals surface area contributed by atoms with Gasteiger partial charge in [0.25, 0.3) is 0 Å². The maximum atomic E-state index is 12.7. The number of carbonyl (C=O) groups excluding carboxylic acids is 3. The Morgan fingerprint density at radius 1 is 0.362 bits per heavy atom. The Bertz CT molecular complexity index is 984. The van der Waals surface area contributed by atoms with Gasteiger partial charge in [0, 0.05) is 19.3 Å². The van der Waals surface area contributed by atoms with Gasteiger partial charge in [0.05, 0.1) is 0 Å². The largest absolute Gasteiger partial charge is 0.462 e. The lowest BCUT2D eigenvalue weighted by Crippen LogP contribution is -2.30. The summed E-state index contributed by atoms with van der Waals surface area (Å²) in [6.07, 6.45) is 54.3. The Labute approximate surface area is 359 Å². The number of rotatable bonds is 45. The lowest BCUT2D eigenvalue weighted by atomic mass is 10.0. The zero-order valence-corrected chi connectivity index (χ0v) is 38.6. The van der Waals surface area contributed by atoms with Crippen LogP contribution in [0.5, 0.6) is 0 Å². The first-order valence-corrected chi connectivity index (χ1v) is 25.0. The molecule has 0 aromatic heterocycles. The zero-order valence-electron chi connectivity index (χ0n) is 38.6. The first-order valence-electron chi connectivity index (χ1n) is 25.0. The fraction of sp³-hybridized carbons (Fsp3) is 0.827. The lowest BCUT2D eigenvalue weighted by Gasteiger charge is -2.18. The van der Waals surface area contributed by atoms with E-state index in [4.69, 9.17) is 14.2 Å². The van der Waals surface area contributed by atoms with Crippen LogP contribution in [0.25, 0.3) is 0 Å². The van der Waals surface area contributed by atoms with E-state index in [1.54, 1.807) is 0 Å². The number of carbonyl (C=O) groups is 3. The molecule has 0 radical (unpaired) electrons. The van der Waals surface area contributed by atoms with Gasteiger partial charge >= 0.3 is 17.9 Å². The van der Waals surface area contributed by atoms with Crippen molar-refractivity contribution in [2.24, 2.45) is 0 Å². The molecule has 0 aliphatic heterocycles. The molecule has 1 unspecified atom stereocenters. The van der Waals surface area contributed by atoms with Gasteiger partial charge in [-0.25, -0.2) is 0 Å². The molecule has 6 heteroatoms. The van der Waals surface area contributed by atoms with E-state index in [1.165, 1.54) is 135 Å². The number of allylic oxidation sites excluding steroid dienone is 6. The predicted octanol–water partition coefficient (Wildman–Crippen LogP) is 16.1. The SMILES string of the molecule is CC/C=C\C/C=C\C/C=C\CCCCCC(=O)OC(COC(=O)CCCCCCCCCC)COC(=O)CCCCCCCCCCCCCCCCCCCCC. The van der Waals surface area contributed by atoms with Crippen molar-refractivity contribution in [2.75, 3.05) is 13.2 Å². The van der Waals surface area contributed by atoms with Crippen LogP contribution in [0.2, 0.25) is 0 Å². The molecule has 0 aromatic rings. The highest BCUT2D eigenvalue weighted by molar-refractivity contribution is 5.71. The van der Waals surface area contributed by atoms with Crippen LogP contribution in [-0.4, -0.2) is 37.2 Å². The van der Waals surface area contributed by atoms with Gasteiger partial charge in [0.1, 0.15) is 13.2 Å². The zero-order chi connectivity index (χ0) is 42.3. The number of hydrogen-bond acceptors (Lipinski definition) is 6. The summed E-state index contributed by atoms with van der Waals surface area (Å²) in [5.74, 6) is -0.906. The summed E-state index contributed by atoms with van der Waals surface area (Å²) in [7, 11) is 0. The molecule has 0 aliphatic rings. The second kappa shape index (κ2) is 47.3. The molecule has 0 aromatic carbocycles. The normalized spacial score (nSPS) is 12.3. The van der Waals surface area contributed by atoms with E-state index in [0.29, 0.717) is 19.3 Å². The van der Waals surface area contributed by atoms with Crippen LogP contribution >= 0.6 is 0 Å². The Balaban J connectivity index is 4.25. The lowest BCUT2D eigenvalue weighted by molar-refractivity contribution is -0.167. The van der Waals surface area contributed by atoms with Crippen molar-refractivity contribution in [3.63, 3.8) is 0 Å². The van der Waals surface area contributed by atoms with E-state index in [-0.39, 0.29) is 31.1 Å². The minimum Gasteiger partial charge on any atom is -0.462 e. The topological polar surface area (TPSA) is 78.9 Å². The maximum Gasteiger partial charge on any atom is 0.306 e. The van der Waals surface area contributed by atoms with Gasteiger partial charge in [0.2, 0.25) is 0 Å². The van der Waals surface area contributed by atoms with Crippen LogP contribution in [0.3, 0.4) is 0 Å². The van der Waals surface area contributed by atoms with Crippen LogP contribution in [0, 0.1) is 0 Å². The van der Waals surface area contributed by atoms with Crippen molar-refractivity contribution < 1.29 is 28.6 Å². The van der Waals surface area contributed by atoms with Gasteiger partial charge in [-0.15, -0.1) is 0 Å².